The van der Waals surface area contributed by atoms with Crippen LogP contribution in [0.5, 0.6) is 0 Å². The normalized spacial score (nSPS) is 17.7. The second-order valence-electron chi connectivity index (χ2n) is 6.88. The van der Waals surface area contributed by atoms with Gasteiger partial charge in [-0.15, -0.1) is 0 Å². The van der Waals surface area contributed by atoms with E-state index >= 15 is 0 Å². The molecule has 30 heavy (non-hydrogen) atoms. The Morgan fingerprint density at radius 3 is 2.40 bits per heavy atom. The van der Waals surface area contributed by atoms with Crippen LogP contribution in [0.3, 0.4) is 0 Å². The maximum absolute atomic E-state index is 12.3. The molecule has 1 unspecified atom stereocenters. The van der Waals surface area contributed by atoms with Crippen molar-refractivity contribution in [3.63, 3.8) is 0 Å². The zero-order valence-electron chi connectivity index (χ0n) is 16.3. The standard InChI is InChI=1S/C21H19N3O6/c1-12(25)13-5-4-8-16(10-13)22-17(26)11-30-18(27)14-6-3-7-15(9-14)21(2)19(28)23-20(29)24-21/h3-10H,11H2,1-2H3,(H,22,26)(H2,23,24,28,29). The molecule has 1 saturated heterocycles. The first-order valence-corrected chi connectivity index (χ1v) is 9.01. The quantitative estimate of drug-likeness (QED) is 0.378. The summed E-state index contributed by atoms with van der Waals surface area (Å²) in [6.45, 7) is 2.39. The zero-order chi connectivity index (χ0) is 21.9. The van der Waals surface area contributed by atoms with Gasteiger partial charge in [-0.3, -0.25) is 19.7 Å². The fraction of sp³-hybridized carbons (Fsp3) is 0.190. The van der Waals surface area contributed by atoms with Gasteiger partial charge in [0.1, 0.15) is 5.54 Å². The van der Waals surface area contributed by atoms with Crippen molar-refractivity contribution in [3.8, 4) is 0 Å². The van der Waals surface area contributed by atoms with Crippen LogP contribution in [0.25, 0.3) is 0 Å². The van der Waals surface area contributed by atoms with E-state index in [0.29, 0.717) is 16.8 Å². The van der Waals surface area contributed by atoms with Crippen LogP contribution in [-0.2, 0) is 19.9 Å². The summed E-state index contributed by atoms with van der Waals surface area (Å²) < 4.78 is 5.03. The summed E-state index contributed by atoms with van der Waals surface area (Å²) >= 11 is 0. The summed E-state index contributed by atoms with van der Waals surface area (Å²) in [7, 11) is 0. The molecule has 0 radical (unpaired) electrons. The van der Waals surface area contributed by atoms with Crippen molar-refractivity contribution in [3.05, 3.63) is 65.2 Å². The van der Waals surface area contributed by atoms with Gasteiger partial charge in [0.05, 0.1) is 5.56 Å². The summed E-state index contributed by atoms with van der Waals surface area (Å²) in [5.74, 6) is -2.02. The van der Waals surface area contributed by atoms with Gasteiger partial charge in [0, 0.05) is 11.3 Å². The molecule has 1 atom stereocenters. The van der Waals surface area contributed by atoms with Crippen LogP contribution in [0.1, 0.15) is 40.1 Å². The molecule has 4 amide bonds. The lowest BCUT2D eigenvalue weighted by atomic mass is 9.91. The van der Waals surface area contributed by atoms with E-state index in [4.69, 9.17) is 4.74 Å². The first-order valence-electron chi connectivity index (χ1n) is 9.01. The lowest BCUT2D eigenvalue weighted by Crippen LogP contribution is -2.40. The summed E-state index contributed by atoms with van der Waals surface area (Å²) in [4.78, 5) is 59.3. The number of nitrogens with one attached hydrogen (secondary N) is 3. The van der Waals surface area contributed by atoms with E-state index in [1.807, 2.05) is 0 Å². The maximum atomic E-state index is 12.3. The molecule has 9 nitrogen and oxygen atoms in total. The first-order chi connectivity index (χ1) is 14.2. The summed E-state index contributed by atoms with van der Waals surface area (Å²) in [5, 5.41) is 7.21. The molecule has 2 aromatic carbocycles. The Labute approximate surface area is 171 Å². The van der Waals surface area contributed by atoms with Crippen LogP contribution >= 0.6 is 0 Å². The van der Waals surface area contributed by atoms with Crippen molar-refractivity contribution >= 4 is 35.3 Å². The molecule has 1 heterocycles. The van der Waals surface area contributed by atoms with Gasteiger partial charge in [-0.1, -0.05) is 24.3 Å². The number of hydrogen-bond donors (Lipinski definition) is 3. The SMILES string of the molecule is CC(=O)c1cccc(NC(=O)COC(=O)c2cccc(C3(C)NC(=O)NC3=O)c2)c1. The highest BCUT2D eigenvalue weighted by molar-refractivity contribution is 6.07. The van der Waals surface area contributed by atoms with Crippen LogP contribution in [0.2, 0.25) is 0 Å². The number of imide groups is 1. The van der Waals surface area contributed by atoms with Gasteiger partial charge in [-0.05, 0) is 43.7 Å². The molecule has 3 N–H and O–H groups in total. The van der Waals surface area contributed by atoms with E-state index in [1.54, 1.807) is 30.3 Å². The number of anilines is 1. The fourth-order valence-electron chi connectivity index (χ4n) is 2.93. The van der Waals surface area contributed by atoms with E-state index in [2.05, 4.69) is 16.0 Å². The topological polar surface area (TPSA) is 131 Å². The fourth-order valence-corrected chi connectivity index (χ4v) is 2.93. The highest BCUT2D eigenvalue weighted by atomic mass is 16.5. The van der Waals surface area contributed by atoms with Gasteiger partial charge < -0.3 is 15.4 Å². The lowest BCUT2D eigenvalue weighted by Gasteiger charge is -2.21. The van der Waals surface area contributed by atoms with Crippen molar-refractivity contribution in [2.75, 3.05) is 11.9 Å². The largest absolute Gasteiger partial charge is 0.452 e. The van der Waals surface area contributed by atoms with E-state index < -0.39 is 36.0 Å². The third-order valence-corrected chi connectivity index (χ3v) is 4.61. The van der Waals surface area contributed by atoms with Gasteiger partial charge in [-0.25, -0.2) is 9.59 Å². The van der Waals surface area contributed by atoms with Gasteiger partial charge in [0.2, 0.25) is 0 Å². The Hall–Kier alpha value is -4.01. The molecule has 2 aromatic rings. The summed E-state index contributed by atoms with van der Waals surface area (Å²) in [6.07, 6.45) is 0. The Morgan fingerprint density at radius 1 is 1.03 bits per heavy atom. The minimum absolute atomic E-state index is 0.119. The third kappa shape index (κ3) is 4.35. The highest BCUT2D eigenvalue weighted by Gasteiger charge is 2.43. The maximum Gasteiger partial charge on any atom is 0.338 e. The van der Waals surface area contributed by atoms with Crippen molar-refractivity contribution in [2.45, 2.75) is 19.4 Å². The average molecular weight is 409 g/mol. The number of esters is 1. The molecule has 0 aromatic heterocycles. The highest BCUT2D eigenvalue weighted by Crippen LogP contribution is 2.25. The van der Waals surface area contributed by atoms with Crippen LogP contribution in [0.4, 0.5) is 10.5 Å². The molecular weight excluding hydrogens is 390 g/mol. The van der Waals surface area contributed by atoms with Crippen LogP contribution in [-0.4, -0.2) is 36.2 Å². The molecule has 0 spiro atoms. The third-order valence-electron chi connectivity index (χ3n) is 4.61. The number of urea groups is 1. The zero-order valence-corrected chi connectivity index (χ0v) is 16.3. The Kier molecular flexibility index (Phi) is 5.63. The van der Waals surface area contributed by atoms with Gasteiger partial charge >= 0.3 is 12.0 Å². The minimum Gasteiger partial charge on any atom is -0.452 e. The lowest BCUT2D eigenvalue weighted by molar-refractivity contribution is -0.123. The van der Waals surface area contributed by atoms with Crippen LogP contribution in [0, 0.1) is 0 Å². The summed E-state index contributed by atoms with van der Waals surface area (Å²) in [5.41, 5.74) is 0.0478. The number of ether oxygens (including phenoxy) is 1. The number of rotatable bonds is 6. The van der Waals surface area contributed by atoms with E-state index in [9.17, 15) is 24.0 Å². The smallest absolute Gasteiger partial charge is 0.338 e. The molecule has 1 aliphatic rings. The molecule has 9 heteroatoms. The Morgan fingerprint density at radius 2 is 1.73 bits per heavy atom. The second-order valence-corrected chi connectivity index (χ2v) is 6.88. The molecular formula is C21H19N3O6. The van der Waals surface area contributed by atoms with E-state index in [1.165, 1.54) is 32.0 Å². The van der Waals surface area contributed by atoms with Crippen LogP contribution in [0.15, 0.2) is 48.5 Å². The molecule has 0 aliphatic carbocycles. The molecule has 3 rings (SSSR count). The van der Waals surface area contributed by atoms with Crippen molar-refractivity contribution in [1.82, 2.24) is 10.6 Å². The number of benzene rings is 2. The Balaban J connectivity index is 1.63. The van der Waals surface area contributed by atoms with Gasteiger partial charge in [-0.2, -0.15) is 0 Å². The van der Waals surface area contributed by atoms with Crippen molar-refractivity contribution in [2.24, 2.45) is 0 Å². The van der Waals surface area contributed by atoms with Gasteiger partial charge in [0.25, 0.3) is 11.8 Å². The molecule has 0 bridgehead atoms. The average Bonchev–Trinajstić information content (AvgIpc) is 2.99. The molecule has 1 fully saturated rings. The monoisotopic (exact) mass is 409 g/mol. The van der Waals surface area contributed by atoms with Crippen molar-refractivity contribution < 1.29 is 28.7 Å². The number of Topliss-reactive ketones (excluding diaryl/α,β-unsaturated/α-hetero) is 1. The number of amides is 4. The minimum atomic E-state index is -1.31. The number of ketones is 1. The van der Waals surface area contributed by atoms with E-state index in [-0.39, 0.29) is 11.3 Å². The number of carbonyl (C=O) groups is 5. The number of carbonyl (C=O) groups excluding carboxylic acids is 5. The molecule has 0 saturated carbocycles. The Bertz CT molecular complexity index is 1060. The summed E-state index contributed by atoms with van der Waals surface area (Å²) in [6, 6.07) is 11.8. The predicted molar refractivity (Wildman–Crippen MR) is 106 cm³/mol. The first kappa shape index (κ1) is 20.7. The molecule has 154 valence electrons. The van der Waals surface area contributed by atoms with Gasteiger partial charge in [0.15, 0.2) is 12.4 Å². The van der Waals surface area contributed by atoms with Crippen molar-refractivity contribution in [1.29, 1.82) is 0 Å². The van der Waals surface area contributed by atoms with E-state index in [0.717, 1.165) is 0 Å². The molecule has 1 aliphatic heterocycles. The van der Waals surface area contributed by atoms with Crippen LogP contribution < -0.4 is 16.0 Å². The second kappa shape index (κ2) is 8.16. The predicted octanol–water partition coefficient (Wildman–Crippen LogP) is 1.74. The number of hydrogen-bond acceptors (Lipinski definition) is 6.